The zero-order valence-corrected chi connectivity index (χ0v) is 10.0. The van der Waals surface area contributed by atoms with Crippen molar-refractivity contribution in [3.8, 4) is 0 Å². The monoisotopic (exact) mass is 289 g/mol. The van der Waals surface area contributed by atoms with Crippen LogP contribution in [0.1, 0.15) is 21.7 Å². The van der Waals surface area contributed by atoms with Gasteiger partial charge in [-0.25, -0.2) is 0 Å². The fraction of sp³-hybridized carbons (Fsp3) is 0.0833. The number of carbonyl (C=O) groups excluding carboxylic acids is 1. The van der Waals surface area contributed by atoms with E-state index in [0.717, 1.165) is 12.1 Å². The van der Waals surface area contributed by atoms with E-state index < -0.39 is 17.5 Å². The molecule has 19 heavy (non-hydrogen) atoms. The van der Waals surface area contributed by atoms with Gasteiger partial charge in [-0.15, -0.1) is 0 Å². The molecule has 3 nitrogen and oxygen atoms in total. The number of furan rings is 1. The van der Waals surface area contributed by atoms with Gasteiger partial charge in [-0.3, -0.25) is 4.79 Å². The summed E-state index contributed by atoms with van der Waals surface area (Å²) < 4.78 is 42.2. The third kappa shape index (κ3) is 2.73. The number of benzene rings is 1. The number of alkyl halides is 3. The number of ketones is 1. The second-order valence-corrected chi connectivity index (χ2v) is 4.11. The molecule has 2 aromatic rings. The molecule has 0 unspecified atom stereocenters. The van der Waals surface area contributed by atoms with Crippen molar-refractivity contribution < 1.29 is 22.4 Å². The van der Waals surface area contributed by atoms with Gasteiger partial charge in [-0.2, -0.15) is 13.2 Å². The first kappa shape index (κ1) is 13.5. The summed E-state index contributed by atoms with van der Waals surface area (Å²) in [6, 6.07) is 5.18. The number of rotatable bonds is 2. The minimum Gasteiger partial charge on any atom is -0.441 e. The number of hydrogen-bond acceptors (Lipinski definition) is 3. The Balaban J connectivity index is 2.39. The molecular formula is C12H7ClF3NO2. The van der Waals surface area contributed by atoms with Gasteiger partial charge in [0.25, 0.3) is 0 Å². The van der Waals surface area contributed by atoms with Crippen molar-refractivity contribution in [2.45, 2.75) is 6.18 Å². The highest BCUT2D eigenvalue weighted by molar-refractivity contribution is 6.29. The van der Waals surface area contributed by atoms with Crippen LogP contribution in [0, 0.1) is 0 Å². The maximum atomic E-state index is 12.5. The maximum absolute atomic E-state index is 12.5. The van der Waals surface area contributed by atoms with Gasteiger partial charge < -0.3 is 10.2 Å². The molecule has 1 heterocycles. The van der Waals surface area contributed by atoms with E-state index in [1.54, 1.807) is 0 Å². The van der Waals surface area contributed by atoms with Crippen molar-refractivity contribution >= 4 is 23.1 Å². The lowest BCUT2D eigenvalue weighted by molar-refractivity contribution is -0.137. The van der Waals surface area contributed by atoms with Gasteiger partial charge in [-0.1, -0.05) is 0 Å². The topological polar surface area (TPSA) is 56.2 Å². The van der Waals surface area contributed by atoms with Crippen LogP contribution >= 0.6 is 11.6 Å². The van der Waals surface area contributed by atoms with Crippen molar-refractivity contribution in [3.05, 3.63) is 52.4 Å². The molecule has 100 valence electrons. The highest BCUT2D eigenvalue weighted by atomic mass is 35.5. The van der Waals surface area contributed by atoms with Crippen LogP contribution in [0.4, 0.5) is 18.9 Å². The smallest absolute Gasteiger partial charge is 0.416 e. The molecule has 1 aromatic carbocycles. The van der Waals surface area contributed by atoms with Crippen molar-refractivity contribution in [1.29, 1.82) is 0 Å². The van der Waals surface area contributed by atoms with Gasteiger partial charge in [0.1, 0.15) is 0 Å². The summed E-state index contributed by atoms with van der Waals surface area (Å²) in [6.45, 7) is 0. The van der Waals surface area contributed by atoms with Crippen molar-refractivity contribution in [2.75, 3.05) is 5.73 Å². The first-order valence-electron chi connectivity index (χ1n) is 5.06. The quantitative estimate of drug-likeness (QED) is 0.676. The number of nitrogens with two attached hydrogens (primary N) is 1. The minimum atomic E-state index is -4.51. The van der Waals surface area contributed by atoms with Crippen LogP contribution in [0.2, 0.25) is 5.22 Å². The predicted molar refractivity (Wildman–Crippen MR) is 63.0 cm³/mol. The molecule has 0 aliphatic carbocycles. The van der Waals surface area contributed by atoms with Gasteiger partial charge in [0.2, 0.25) is 5.78 Å². The Kier molecular flexibility index (Phi) is 3.28. The SMILES string of the molecule is Nc1cc(C(F)(F)F)ccc1C(=O)c1ccc(Cl)o1. The Labute approximate surface area is 110 Å². The normalized spacial score (nSPS) is 11.6. The summed E-state index contributed by atoms with van der Waals surface area (Å²) in [6.07, 6.45) is -4.51. The summed E-state index contributed by atoms with van der Waals surface area (Å²) >= 11 is 5.52. The lowest BCUT2D eigenvalue weighted by Gasteiger charge is -2.09. The van der Waals surface area contributed by atoms with Gasteiger partial charge >= 0.3 is 6.18 Å². The predicted octanol–water partition coefficient (Wildman–Crippen LogP) is 3.77. The molecule has 0 amide bonds. The molecule has 1 aromatic heterocycles. The summed E-state index contributed by atoms with van der Waals surface area (Å²) in [4.78, 5) is 11.9. The summed E-state index contributed by atoms with van der Waals surface area (Å²) in [5.74, 6) is -0.713. The Morgan fingerprint density at radius 3 is 2.37 bits per heavy atom. The van der Waals surface area contributed by atoms with Gasteiger partial charge in [-0.05, 0) is 41.9 Å². The Morgan fingerprint density at radius 1 is 1.21 bits per heavy atom. The third-order valence-corrected chi connectivity index (χ3v) is 2.62. The van der Waals surface area contributed by atoms with Crippen LogP contribution in [0.5, 0.6) is 0 Å². The number of hydrogen-bond donors (Lipinski definition) is 1. The molecule has 2 rings (SSSR count). The van der Waals surface area contributed by atoms with Crippen LogP contribution < -0.4 is 5.73 Å². The second-order valence-electron chi connectivity index (χ2n) is 3.73. The van der Waals surface area contributed by atoms with Gasteiger partial charge in [0.05, 0.1) is 5.56 Å². The summed E-state index contributed by atoms with van der Waals surface area (Å²) in [5.41, 5.74) is 4.21. The molecule has 0 saturated heterocycles. The standard InChI is InChI=1S/C12H7ClF3NO2/c13-10-4-3-9(19-10)11(18)7-2-1-6(5-8(7)17)12(14,15)16/h1-5H,17H2. The fourth-order valence-corrected chi connectivity index (χ4v) is 1.66. The molecule has 0 saturated carbocycles. The lowest BCUT2D eigenvalue weighted by Crippen LogP contribution is -2.09. The average Bonchev–Trinajstić information content (AvgIpc) is 2.73. The fourth-order valence-electron chi connectivity index (χ4n) is 1.51. The molecule has 0 aliphatic rings. The third-order valence-electron chi connectivity index (χ3n) is 2.42. The highest BCUT2D eigenvalue weighted by Crippen LogP contribution is 2.32. The number of carbonyl (C=O) groups is 1. The van der Waals surface area contributed by atoms with Crippen LogP contribution in [-0.4, -0.2) is 5.78 Å². The summed E-state index contributed by atoms with van der Waals surface area (Å²) in [7, 11) is 0. The van der Waals surface area contributed by atoms with E-state index in [2.05, 4.69) is 0 Å². The average molecular weight is 290 g/mol. The van der Waals surface area contributed by atoms with Crippen LogP contribution in [0.3, 0.4) is 0 Å². The first-order valence-corrected chi connectivity index (χ1v) is 5.43. The number of anilines is 1. The zero-order valence-electron chi connectivity index (χ0n) is 9.29. The van der Waals surface area contributed by atoms with Crippen molar-refractivity contribution in [1.82, 2.24) is 0 Å². The lowest BCUT2D eigenvalue weighted by atomic mass is 10.0. The molecular weight excluding hydrogens is 283 g/mol. The minimum absolute atomic E-state index is 0.00818. The molecule has 7 heteroatoms. The Hall–Kier alpha value is -1.95. The molecule has 0 radical (unpaired) electrons. The molecule has 0 aliphatic heterocycles. The molecule has 0 bridgehead atoms. The largest absolute Gasteiger partial charge is 0.441 e. The van der Waals surface area contributed by atoms with E-state index in [9.17, 15) is 18.0 Å². The van der Waals surface area contributed by atoms with Crippen molar-refractivity contribution in [2.24, 2.45) is 0 Å². The molecule has 0 spiro atoms. The van der Waals surface area contributed by atoms with Crippen LogP contribution in [-0.2, 0) is 6.18 Å². The van der Waals surface area contributed by atoms with E-state index in [-0.39, 0.29) is 22.2 Å². The van der Waals surface area contributed by atoms with E-state index in [1.165, 1.54) is 12.1 Å². The van der Waals surface area contributed by atoms with Gasteiger partial charge in [0, 0.05) is 11.3 Å². The number of halogens is 4. The highest BCUT2D eigenvalue weighted by Gasteiger charge is 2.31. The summed E-state index contributed by atoms with van der Waals surface area (Å²) in [5, 5.41) is 0.00818. The van der Waals surface area contributed by atoms with Crippen LogP contribution in [0.15, 0.2) is 34.7 Å². The van der Waals surface area contributed by atoms with E-state index >= 15 is 0 Å². The second kappa shape index (κ2) is 4.62. The zero-order chi connectivity index (χ0) is 14.2. The van der Waals surface area contributed by atoms with Gasteiger partial charge in [0.15, 0.2) is 11.0 Å². The van der Waals surface area contributed by atoms with E-state index in [1.807, 2.05) is 0 Å². The van der Waals surface area contributed by atoms with Crippen LogP contribution in [0.25, 0.3) is 0 Å². The Bertz CT molecular complexity index is 634. The maximum Gasteiger partial charge on any atom is 0.416 e. The van der Waals surface area contributed by atoms with E-state index in [0.29, 0.717) is 6.07 Å². The molecule has 0 fully saturated rings. The number of nitrogen functional groups attached to an aromatic ring is 1. The van der Waals surface area contributed by atoms with E-state index in [4.69, 9.17) is 21.8 Å². The molecule has 2 N–H and O–H groups in total. The first-order chi connectivity index (χ1) is 8.79. The molecule has 0 atom stereocenters. The van der Waals surface area contributed by atoms with Crippen molar-refractivity contribution in [3.63, 3.8) is 0 Å². The Morgan fingerprint density at radius 2 is 1.89 bits per heavy atom.